The van der Waals surface area contributed by atoms with Crippen molar-refractivity contribution in [1.82, 2.24) is 0 Å². The van der Waals surface area contributed by atoms with Crippen LogP contribution < -0.4 is 4.90 Å². The Morgan fingerprint density at radius 3 is 1.16 bits per heavy atom. The Labute approximate surface area is 338 Å². The molecule has 8 aromatic carbocycles. The van der Waals surface area contributed by atoms with E-state index in [0.29, 0.717) is 0 Å². The predicted octanol–water partition coefficient (Wildman–Crippen LogP) is 13.5. The van der Waals surface area contributed by atoms with Crippen molar-refractivity contribution in [3.05, 3.63) is 211 Å². The van der Waals surface area contributed by atoms with Crippen molar-refractivity contribution >= 4 is 17.1 Å². The van der Waals surface area contributed by atoms with Crippen molar-refractivity contribution in [3.8, 4) is 55.6 Å². The molecule has 0 N–H and O–H groups in total. The molecule has 0 atom stereocenters. The van der Waals surface area contributed by atoms with Crippen molar-refractivity contribution < 1.29 is 48.0 Å². The Morgan fingerprint density at radius 1 is 0.265 bits per heavy atom. The molecule has 0 aromatic heterocycles. The number of anilines is 3. The van der Waals surface area contributed by atoms with Gasteiger partial charge in [0.2, 0.25) is 0 Å². The van der Waals surface area contributed by atoms with Crippen molar-refractivity contribution in [2.45, 2.75) is 0 Å². The van der Waals surface area contributed by atoms with E-state index >= 15 is 0 Å². The highest BCUT2D eigenvalue weighted by Crippen LogP contribution is 2.42. The van der Waals surface area contributed by atoms with E-state index in [4.69, 9.17) is 30.2 Å². The van der Waals surface area contributed by atoms with E-state index < -0.39 is 284 Å². The van der Waals surface area contributed by atoms with Gasteiger partial charge in [0.1, 0.15) is 0 Å². The van der Waals surface area contributed by atoms with Gasteiger partial charge in [0.05, 0.1) is 53.7 Å². The summed E-state index contributed by atoms with van der Waals surface area (Å²) in [7, 11) is 0. The molecule has 0 fully saturated rings. The lowest BCUT2D eigenvalue weighted by Crippen LogP contribution is -2.11. The SMILES string of the molecule is [2H]c1c([2H])c([2H])c(-c2c([2H])c([2H])c(N(c3c([2H])c([2H])c(-c4c([2H])c([2H])c(-c5c([2H])c([2H])c([2H])c([2H])c5[2H])c(-c5c([2H])c([2H])c([2H])c([2H])c5[2H])c4[2H])c([2H])c3[2H])c3c([2H])c([2H])c([2H])c([2H])c3-c3c([2H])c([2H])c([2H])c([2H])c3[2H])c([2H])c2[2H])c([2H])c1[2H]. The van der Waals surface area contributed by atoms with Crippen LogP contribution in [0.25, 0.3) is 55.6 Å². The molecule has 0 aliphatic heterocycles. The van der Waals surface area contributed by atoms with Crippen LogP contribution in [0, 0.1) is 0 Å². The molecule has 1 nitrogen and oxygen atoms in total. The topological polar surface area (TPSA) is 3.24 Å². The fourth-order valence-electron chi connectivity index (χ4n) is 4.48. The maximum atomic E-state index is 9.73. The lowest BCUT2D eigenvalue weighted by molar-refractivity contribution is 1.28. The number of hydrogen-bond donors (Lipinski definition) is 0. The van der Waals surface area contributed by atoms with Crippen LogP contribution in [0.3, 0.4) is 0 Å². The van der Waals surface area contributed by atoms with E-state index in [9.17, 15) is 17.8 Å². The number of rotatable bonds is 8. The highest BCUT2D eigenvalue weighted by Gasteiger charge is 2.18. The van der Waals surface area contributed by atoms with Gasteiger partial charge in [-0.3, -0.25) is 0 Å². The van der Waals surface area contributed by atoms with Crippen molar-refractivity contribution in [1.29, 1.82) is 0 Å². The summed E-state index contributed by atoms with van der Waals surface area (Å²) in [5.74, 6) is 0. The first-order valence-electron chi connectivity index (χ1n) is 31.4. The van der Waals surface area contributed by atoms with Gasteiger partial charge < -0.3 is 4.90 Å². The Bertz CT molecular complexity index is 4150. The molecule has 0 amide bonds. The molecule has 8 rings (SSSR count). The Hall–Kier alpha value is -6.44. The van der Waals surface area contributed by atoms with Crippen LogP contribution in [-0.2, 0) is 0 Å². The molecule has 49 heavy (non-hydrogen) atoms. The molecular formula is C48H35N. The first kappa shape index (κ1) is 10.3. The lowest BCUT2D eigenvalue weighted by atomic mass is 9.91. The van der Waals surface area contributed by atoms with Crippen LogP contribution in [0.15, 0.2) is 211 Å². The molecule has 0 heterocycles. The summed E-state index contributed by atoms with van der Waals surface area (Å²) in [6, 6.07) is -40.8. The first-order chi connectivity index (χ1) is 38.9. The highest BCUT2D eigenvalue weighted by atomic mass is 15.1. The molecule has 232 valence electrons. The second kappa shape index (κ2) is 13.7. The van der Waals surface area contributed by atoms with Crippen LogP contribution >= 0.6 is 0 Å². The van der Waals surface area contributed by atoms with Gasteiger partial charge in [0.15, 0.2) is 0 Å². The van der Waals surface area contributed by atoms with Crippen LogP contribution in [0.4, 0.5) is 17.1 Å². The number of para-hydroxylation sites is 1. The zero-order chi connectivity index (χ0) is 63.3. The van der Waals surface area contributed by atoms with E-state index in [2.05, 4.69) is 0 Å². The molecular weight excluding hydrogens is 591 g/mol. The molecule has 0 unspecified atom stereocenters. The predicted molar refractivity (Wildman–Crippen MR) is 208 cm³/mol. The van der Waals surface area contributed by atoms with Gasteiger partial charge in [-0.2, -0.15) is 0 Å². The largest absolute Gasteiger partial charge is 0.310 e. The van der Waals surface area contributed by atoms with Crippen LogP contribution in [-0.4, -0.2) is 0 Å². The van der Waals surface area contributed by atoms with Crippen molar-refractivity contribution in [3.63, 3.8) is 0 Å². The van der Waals surface area contributed by atoms with Crippen molar-refractivity contribution in [2.24, 2.45) is 0 Å². The van der Waals surface area contributed by atoms with Gasteiger partial charge in [0.25, 0.3) is 0 Å². The fraction of sp³-hybridized carbons (Fsp3) is 0. The number of nitrogens with zero attached hydrogens (tertiary/aromatic N) is 1. The van der Waals surface area contributed by atoms with Gasteiger partial charge in [-0.05, 0) is 86.3 Å². The van der Waals surface area contributed by atoms with E-state index in [1.807, 2.05) is 0 Å². The molecule has 0 aliphatic rings. The van der Waals surface area contributed by atoms with Gasteiger partial charge in [-0.1, -0.05) is 175 Å². The normalized spacial score (nSPS) is 20.9. The summed E-state index contributed by atoms with van der Waals surface area (Å²) in [6.45, 7) is 0. The first-order valence-corrected chi connectivity index (χ1v) is 13.9. The summed E-state index contributed by atoms with van der Waals surface area (Å²) < 4.78 is 312. The monoisotopic (exact) mass is 660 g/mol. The van der Waals surface area contributed by atoms with E-state index in [1.54, 1.807) is 0 Å². The van der Waals surface area contributed by atoms with E-state index in [-0.39, 0.29) is 4.90 Å². The second-order valence-electron chi connectivity index (χ2n) is 9.51. The summed E-state index contributed by atoms with van der Waals surface area (Å²) >= 11 is 0. The third-order valence-corrected chi connectivity index (χ3v) is 6.62. The maximum Gasteiger partial charge on any atom is 0.0645 e. The Morgan fingerprint density at radius 2 is 0.633 bits per heavy atom. The fourth-order valence-corrected chi connectivity index (χ4v) is 4.48. The maximum absolute atomic E-state index is 9.73. The average molecular weight is 661 g/mol. The molecule has 1 heteroatoms. The van der Waals surface area contributed by atoms with Gasteiger partial charge in [-0.25, -0.2) is 0 Å². The van der Waals surface area contributed by atoms with Crippen LogP contribution in [0.2, 0.25) is 0 Å². The van der Waals surface area contributed by atoms with Crippen LogP contribution in [0.5, 0.6) is 0 Å². The molecule has 0 saturated carbocycles. The van der Waals surface area contributed by atoms with E-state index in [0.717, 1.165) is 0 Å². The zero-order valence-corrected chi connectivity index (χ0v) is 24.4. The minimum atomic E-state index is -1.46. The smallest absolute Gasteiger partial charge is 0.0645 e. The Kier molecular flexibility index (Phi) is 2.88. The lowest BCUT2D eigenvalue weighted by Gasteiger charge is -2.28. The molecule has 0 spiro atoms. The number of hydrogen-bond acceptors (Lipinski definition) is 1. The minimum Gasteiger partial charge on any atom is -0.310 e. The van der Waals surface area contributed by atoms with Gasteiger partial charge in [-0.15, -0.1) is 0 Å². The molecule has 0 bridgehead atoms. The second-order valence-corrected chi connectivity index (χ2v) is 9.51. The van der Waals surface area contributed by atoms with E-state index in [1.165, 1.54) is 0 Å². The third kappa shape index (κ3) is 6.31. The Balaban J connectivity index is 1.62. The molecule has 0 saturated heterocycles. The average Bonchev–Trinajstić information content (AvgIpc) is 2.99. The highest BCUT2D eigenvalue weighted by molar-refractivity contribution is 5.90. The third-order valence-electron chi connectivity index (χ3n) is 6.62. The summed E-state index contributed by atoms with van der Waals surface area (Å²) in [5.41, 5.74) is -14.0. The summed E-state index contributed by atoms with van der Waals surface area (Å²) in [4.78, 5) is 0.212. The minimum absolute atomic E-state index is 0.212. The zero-order valence-electron chi connectivity index (χ0n) is 59.4. The number of benzene rings is 8. The summed E-state index contributed by atoms with van der Waals surface area (Å²) in [6.07, 6.45) is 0. The molecule has 8 aromatic rings. The summed E-state index contributed by atoms with van der Waals surface area (Å²) in [5, 5.41) is 0. The standard InChI is InChI=1S/C48H35N/c1-5-15-36(16-6-1)37-25-30-43(31-26-37)49(48-24-14-13-23-46(48)40-19-9-3-10-20-40)44-32-27-38(28-33-44)42-29-34-45(39-17-7-2-8-18-39)47(35-42)41-21-11-4-12-22-41/h1-35H/i1D,2D,3D,4D,5D,6D,7D,8D,9D,10D,11D,12D,13D,14D,15D,16D,17D,18D,19D,20D,21D,22D,23D,24D,25D,26D,27D,28D,29D,30D,31D,32D,33D,34D,35D. The quantitative estimate of drug-likeness (QED) is 0.157. The van der Waals surface area contributed by atoms with Gasteiger partial charge >= 0.3 is 0 Å². The van der Waals surface area contributed by atoms with Crippen LogP contribution in [0.1, 0.15) is 48.0 Å². The molecule has 0 radical (unpaired) electrons. The molecule has 0 aliphatic carbocycles. The van der Waals surface area contributed by atoms with Gasteiger partial charge in [0, 0.05) is 16.9 Å². The van der Waals surface area contributed by atoms with Crippen molar-refractivity contribution in [2.75, 3.05) is 4.90 Å².